The molecule has 2 rings (SSSR count). The summed E-state index contributed by atoms with van der Waals surface area (Å²) in [6, 6.07) is 10.5. The fourth-order valence-corrected chi connectivity index (χ4v) is 2.12. The van der Waals surface area contributed by atoms with E-state index >= 15 is 0 Å². The predicted molar refractivity (Wildman–Crippen MR) is 70.3 cm³/mol. The number of halogens is 2. The summed E-state index contributed by atoms with van der Waals surface area (Å²) >= 11 is 0. The van der Waals surface area contributed by atoms with Crippen molar-refractivity contribution in [3.05, 3.63) is 65.2 Å². The molecule has 0 aliphatic heterocycles. The molecule has 4 heteroatoms. The van der Waals surface area contributed by atoms with Crippen LogP contribution in [0.1, 0.15) is 17.2 Å². The molecule has 0 aliphatic carbocycles. The van der Waals surface area contributed by atoms with E-state index in [1.807, 2.05) is 18.2 Å². The minimum absolute atomic E-state index is 0.383. The summed E-state index contributed by atoms with van der Waals surface area (Å²) in [5.41, 5.74) is 1.19. The molecule has 19 heavy (non-hydrogen) atoms. The Balaban J connectivity index is 2.50. The van der Waals surface area contributed by atoms with Gasteiger partial charge < -0.3 is 10.1 Å². The van der Waals surface area contributed by atoms with Gasteiger partial charge in [0.1, 0.15) is 17.4 Å². The van der Waals surface area contributed by atoms with E-state index in [0.29, 0.717) is 11.3 Å². The first kappa shape index (κ1) is 13.5. The van der Waals surface area contributed by atoms with Crippen molar-refractivity contribution < 1.29 is 13.5 Å². The summed E-state index contributed by atoms with van der Waals surface area (Å²) in [5, 5.41) is 3.03. The maximum absolute atomic E-state index is 13.9. The van der Waals surface area contributed by atoms with E-state index in [9.17, 15) is 8.78 Å². The number of ether oxygens (including phenoxy) is 1. The van der Waals surface area contributed by atoms with Crippen LogP contribution in [0, 0.1) is 11.6 Å². The quantitative estimate of drug-likeness (QED) is 0.914. The van der Waals surface area contributed by atoms with Crippen molar-refractivity contribution in [2.45, 2.75) is 6.04 Å². The minimum Gasteiger partial charge on any atom is -0.496 e. The van der Waals surface area contributed by atoms with Crippen molar-refractivity contribution in [3.63, 3.8) is 0 Å². The number of hydrogen-bond acceptors (Lipinski definition) is 2. The SMILES string of the molecule is CNC(c1ccc(F)cc1F)c1ccccc1OC. The lowest BCUT2D eigenvalue weighted by Gasteiger charge is -2.20. The molecule has 2 aromatic rings. The molecule has 0 aliphatic rings. The largest absolute Gasteiger partial charge is 0.496 e. The van der Waals surface area contributed by atoms with Crippen LogP contribution in [0.3, 0.4) is 0 Å². The van der Waals surface area contributed by atoms with Gasteiger partial charge in [0.25, 0.3) is 0 Å². The Hall–Kier alpha value is -1.94. The van der Waals surface area contributed by atoms with Gasteiger partial charge in [0.2, 0.25) is 0 Å². The highest BCUT2D eigenvalue weighted by atomic mass is 19.1. The van der Waals surface area contributed by atoms with Crippen LogP contribution in [0.15, 0.2) is 42.5 Å². The molecule has 1 atom stereocenters. The van der Waals surface area contributed by atoms with Gasteiger partial charge in [0, 0.05) is 17.2 Å². The average molecular weight is 263 g/mol. The van der Waals surface area contributed by atoms with Crippen molar-refractivity contribution in [2.24, 2.45) is 0 Å². The zero-order chi connectivity index (χ0) is 13.8. The zero-order valence-corrected chi connectivity index (χ0v) is 10.8. The Labute approximate surface area is 111 Å². The lowest BCUT2D eigenvalue weighted by molar-refractivity contribution is 0.404. The third-order valence-electron chi connectivity index (χ3n) is 3.01. The fraction of sp³-hybridized carbons (Fsp3) is 0.200. The van der Waals surface area contributed by atoms with E-state index in [1.165, 1.54) is 12.1 Å². The lowest BCUT2D eigenvalue weighted by Crippen LogP contribution is -2.19. The van der Waals surface area contributed by atoms with Gasteiger partial charge in [0.15, 0.2) is 0 Å². The summed E-state index contributed by atoms with van der Waals surface area (Å²) in [6.45, 7) is 0. The molecule has 2 nitrogen and oxygen atoms in total. The van der Waals surface area contributed by atoms with Gasteiger partial charge in [0.05, 0.1) is 13.2 Å². The predicted octanol–water partition coefficient (Wildman–Crippen LogP) is 3.28. The van der Waals surface area contributed by atoms with Gasteiger partial charge in [-0.05, 0) is 19.2 Å². The molecule has 0 fully saturated rings. The minimum atomic E-state index is -0.587. The fourth-order valence-electron chi connectivity index (χ4n) is 2.12. The summed E-state index contributed by atoms with van der Waals surface area (Å²) < 4.78 is 32.1. The van der Waals surface area contributed by atoms with Gasteiger partial charge >= 0.3 is 0 Å². The summed E-state index contributed by atoms with van der Waals surface area (Å²) in [7, 11) is 3.28. The molecule has 0 heterocycles. The van der Waals surface area contributed by atoms with Crippen molar-refractivity contribution >= 4 is 0 Å². The van der Waals surface area contributed by atoms with Gasteiger partial charge in [-0.15, -0.1) is 0 Å². The Bertz CT molecular complexity index is 572. The summed E-state index contributed by atoms with van der Waals surface area (Å²) in [4.78, 5) is 0. The molecule has 0 aromatic heterocycles. The Morgan fingerprint density at radius 2 is 1.79 bits per heavy atom. The first-order chi connectivity index (χ1) is 9.17. The second-order valence-corrected chi connectivity index (χ2v) is 4.13. The molecular weight excluding hydrogens is 248 g/mol. The van der Waals surface area contributed by atoms with E-state index in [4.69, 9.17) is 4.74 Å². The van der Waals surface area contributed by atoms with Gasteiger partial charge in [-0.1, -0.05) is 24.3 Å². The van der Waals surface area contributed by atoms with Gasteiger partial charge in [-0.25, -0.2) is 8.78 Å². The van der Waals surface area contributed by atoms with E-state index in [0.717, 1.165) is 11.6 Å². The van der Waals surface area contributed by atoms with Crippen LogP contribution in [0.5, 0.6) is 5.75 Å². The second-order valence-electron chi connectivity index (χ2n) is 4.13. The number of benzene rings is 2. The molecule has 0 bridgehead atoms. The number of para-hydroxylation sites is 1. The maximum atomic E-state index is 13.9. The smallest absolute Gasteiger partial charge is 0.131 e. The second kappa shape index (κ2) is 5.80. The van der Waals surface area contributed by atoms with Crippen LogP contribution >= 0.6 is 0 Å². The van der Waals surface area contributed by atoms with Crippen LogP contribution in [0.2, 0.25) is 0 Å². The van der Waals surface area contributed by atoms with E-state index < -0.39 is 17.7 Å². The molecule has 0 spiro atoms. The highest BCUT2D eigenvalue weighted by Gasteiger charge is 2.19. The first-order valence-corrected chi connectivity index (χ1v) is 5.92. The molecule has 1 N–H and O–H groups in total. The van der Waals surface area contributed by atoms with Crippen molar-refractivity contribution in [2.75, 3.05) is 14.2 Å². The highest BCUT2D eigenvalue weighted by Crippen LogP contribution is 2.31. The normalized spacial score (nSPS) is 12.2. The molecule has 2 aromatic carbocycles. The topological polar surface area (TPSA) is 21.3 Å². The van der Waals surface area contributed by atoms with Crippen molar-refractivity contribution in [1.82, 2.24) is 5.32 Å². The van der Waals surface area contributed by atoms with Crippen molar-refractivity contribution in [3.8, 4) is 5.75 Å². The third kappa shape index (κ3) is 2.74. The Morgan fingerprint density at radius 1 is 1.05 bits per heavy atom. The standard InChI is InChI=1S/C15H15F2NO/c1-18-15(11-8-7-10(16)9-13(11)17)12-5-3-4-6-14(12)19-2/h3-9,15,18H,1-2H3. The molecule has 100 valence electrons. The lowest BCUT2D eigenvalue weighted by atomic mass is 9.97. The monoisotopic (exact) mass is 263 g/mol. The Kier molecular flexibility index (Phi) is 4.12. The van der Waals surface area contributed by atoms with E-state index in [-0.39, 0.29) is 0 Å². The molecule has 0 saturated heterocycles. The summed E-state index contributed by atoms with van der Waals surface area (Å²) in [5.74, 6) is -0.507. The van der Waals surface area contributed by atoms with E-state index in [1.54, 1.807) is 20.2 Å². The average Bonchev–Trinajstić information content (AvgIpc) is 2.42. The molecule has 1 unspecified atom stereocenters. The number of hydrogen-bond donors (Lipinski definition) is 1. The van der Waals surface area contributed by atoms with Gasteiger partial charge in [-0.3, -0.25) is 0 Å². The molecule has 0 saturated carbocycles. The van der Waals surface area contributed by atoms with Crippen LogP contribution in [-0.4, -0.2) is 14.2 Å². The molecule has 0 radical (unpaired) electrons. The third-order valence-corrected chi connectivity index (χ3v) is 3.01. The maximum Gasteiger partial charge on any atom is 0.131 e. The van der Waals surface area contributed by atoms with Gasteiger partial charge in [-0.2, -0.15) is 0 Å². The zero-order valence-electron chi connectivity index (χ0n) is 10.8. The Morgan fingerprint density at radius 3 is 2.42 bits per heavy atom. The van der Waals surface area contributed by atoms with Crippen LogP contribution in [-0.2, 0) is 0 Å². The number of nitrogens with one attached hydrogen (secondary N) is 1. The number of rotatable bonds is 4. The molecule has 0 amide bonds. The first-order valence-electron chi connectivity index (χ1n) is 5.92. The summed E-state index contributed by atoms with van der Waals surface area (Å²) in [6.07, 6.45) is 0. The van der Waals surface area contributed by atoms with Crippen molar-refractivity contribution in [1.29, 1.82) is 0 Å². The van der Waals surface area contributed by atoms with Crippen LogP contribution < -0.4 is 10.1 Å². The highest BCUT2D eigenvalue weighted by molar-refractivity contribution is 5.42. The van der Waals surface area contributed by atoms with E-state index in [2.05, 4.69) is 5.32 Å². The van der Waals surface area contributed by atoms with Crippen LogP contribution in [0.4, 0.5) is 8.78 Å². The molecular formula is C15H15F2NO. The number of methoxy groups -OCH3 is 1. The van der Waals surface area contributed by atoms with Crippen LogP contribution in [0.25, 0.3) is 0 Å².